The van der Waals surface area contributed by atoms with Crippen molar-refractivity contribution in [3.8, 4) is 0 Å². The maximum absolute atomic E-state index is 11.3. The third-order valence-electron chi connectivity index (χ3n) is 3.98. The smallest absolute Gasteiger partial charge is 0.322 e. The maximum Gasteiger partial charge on any atom is 0.322 e. The van der Waals surface area contributed by atoms with Crippen LogP contribution in [0.3, 0.4) is 0 Å². The van der Waals surface area contributed by atoms with Gasteiger partial charge in [-0.15, -0.1) is 0 Å². The Morgan fingerprint density at radius 3 is 2.95 bits per heavy atom. The van der Waals surface area contributed by atoms with E-state index in [4.69, 9.17) is 0 Å². The molecule has 1 aromatic rings. The first kappa shape index (κ1) is 15.0. The highest BCUT2D eigenvalue weighted by Crippen LogP contribution is 2.16. The quantitative estimate of drug-likeness (QED) is 0.816. The van der Waals surface area contributed by atoms with Crippen molar-refractivity contribution in [2.45, 2.75) is 45.3 Å². The van der Waals surface area contributed by atoms with Crippen molar-refractivity contribution in [3.63, 3.8) is 0 Å². The summed E-state index contributed by atoms with van der Waals surface area (Å²) in [6, 6.07) is 1.98. The molecule has 1 saturated heterocycles. The van der Waals surface area contributed by atoms with Crippen molar-refractivity contribution in [1.82, 2.24) is 20.0 Å². The van der Waals surface area contributed by atoms with Gasteiger partial charge in [0.1, 0.15) is 6.04 Å². The molecule has 1 fully saturated rings. The number of aromatic nitrogens is 2. The van der Waals surface area contributed by atoms with Crippen LogP contribution in [0.25, 0.3) is 0 Å². The third kappa shape index (κ3) is 3.37. The lowest BCUT2D eigenvalue weighted by atomic mass is 10.2. The van der Waals surface area contributed by atoms with Gasteiger partial charge in [0.2, 0.25) is 0 Å². The van der Waals surface area contributed by atoms with Gasteiger partial charge < -0.3 is 10.4 Å². The van der Waals surface area contributed by atoms with Gasteiger partial charge in [-0.3, -0.25) is 14.4 Å². The van der Waals surface area contributed by atoms with Crippen LogP contribution in [0.15, 0.2) is 12.3 Å². The number of carbonyl (C=O) groups is 1. The zero-order valence-corrected chi connectivity index (χ0v) is 12.2. The van der Waals surface area contributed by atoms with E-state index < -0.39 is 12.0 Å². The standard InChI is InChI=1S/C14H24N4O2/c1-3-12(4-2)18-7-5-11(16-18)10-17-8-6-15-9-13(17)14(19)20/h5,7,12-13,15H,3-4,6,8-10H2,1-2H3,(H,19,20). The van der Waals surface area contributed by atoms with Crippen molar-refractivity contribution >= 4 is 5.97 Å². The average Bonchev–Trinajstić information content (AvgIpc) is 2.89. The molecular formula is C14H24N4O2. The Morgan fingerprint density at radius 1 is 1.55 bits per heavy atom. The van der Waals surface area contributed by atoms with Gasteiger partial charge in [0, 0.05) is 32.4 Å². The summed E-state index contributed by atoms with van der Waals surface area (Å²) in [4.78, 5) is 13.2. The van der Waals surface area contributed by atoms with Crippen molar-refractivity contribution in [2.24, 2.45) is 0 Å². The summed E-state index contributed by atoms with van der Waals surface area (Å²) >= 11 is 0. The van der Waals surface area contributed by atoms with E-state index in [9.17, 15) is 9.90 Å². The molecule has 0 bridgehead atoms. The molecule has 1 aromatic heterocycles. The number of nitrogens with one attached hydrogen (secondary N) is 1. The van der Waals surface area contributed by atoms with Crippen LogP contribution in [0.4, 0.5) is 0 Å². The number of rotatable bonds is 6. The average molecular weight is 280 g/mol. The molecule has 6 heteroatoms. The van der Waals surface area contributed by atoms with Gasteiger partial charge in [-0.2, -0.15) is 5.10 Å². The van der Waals surface area contributed by atoms with E-state index in [1.165, 1.54) is 0 Å². The molecule has 0 aliphatic carbocycles. The first-order chi connectivity index (χ1) is 9.65. The highest BCUT2D eigenvalue weighted by atomic mass is 16.4. The Hall–Kier alpha value is -1.40. The molecular weight excluding hydrogens is 256 g/mol. The van der Waals surface area contributed by atoms with E-state index in [2.05, 4.69) is 24.3 Å². The Morgan fingerprint density at radius 2 is 2.30 bits per heavy atom. The first-order valence-electron chi connectivity index (χ1n) is 7.37. The number of carboxylic acids is 1. The Balaban J connectivity index is 2.03. The lowest BCUT2D eigenvalue weighted by Crippen LogP contribution is -2.54. The molecule has 112 valence electrons. The highest BCUT2D eigenvalue weighted by Gasteiger charge is 2.28. The summed E-state index contributed by atoms with van der Waals surface area (Å²) < 4.78 is 2.01. The number of carboxylic acid groups (broad SMARTS) is 1. The molecule has 0 amide bonds. The SMILES string of the molecule is CCC(CC)n1ccc(CN2CCNCC2C(=O)O)n1. The minimum Gasteiger partial charge on any atom is -0.480 e. The fourth-order valence-corrected chi connectivity index (χ4v) is 2.72. The van der Waals surface area contributed by atoms with E-state index in [-0.39, 0.29) is 0 Å². The largest absolute Gasteiger partial charge is 0.480 e. The third-order valence-corrected chi connectivity index (χ3v) is 3.98. The highest BCUT2D eigenvalue weighted by molar-refractivity contribution is 5.73. The molecule has 2 heterocycles. The topological polar surface area (TPSA) is 70.4 Å². The van der Waals surface area contributed by atoms with E-state index in [0.717, 1.165) is 31.6 Å². The first-order valence-corrected chi connectivity index (χ1v) is 7.37. The van der Waals surface area contributed by atoms with Crippen molar-refractivity contribution in [3.05, 3.63) is 18.0 Å². The minimum absolute atomic E-state index is 0.432. The molecule has 20 heavy (non-hydrogen) atoms. The minimum atomic E-state index is -0.767. The molecule has 0 aromatic carbocycles. The van der Waals surface area contributed by atoms with Crippen molar-refractivity contribution < 1.29 is 9.90 Å². The van der Waals surface area contributed by atoms with Crippen LogP contribution in [0.1, 0.15) is 38.4 Å². The fraction of sp³-hybridized carbons (Fsp3) is 0.714. The van der Waals surface area contributed by atoms with Crippen LogP contribution in [0.5, 0.6) is 0 Å². The van der Waals surface area contributed by atoms with Crippen LogP contribution < -0.4 is 5.32 Å². The summed E-state index contributed by atoms with van der Waals surface area (Å²) in [5, 5.41) is 17.0. The number of hydrogen-bond donors (Lipinski definition) is 2. The molecule has 6 nitrogen and oxygen atoms in total. The van der Waals surface area contributed by atoms with E-state index in [1.807, 2.05) is 21.8 Å². The summed E-state index contributed by atoms with van der Waals surface area (Å²) in [6.07, 6.45) is 4.12. The van der Waals surface area contributed by atoms with Gasteiger partial charge >= 0.3 is 5.97 Å². The summed E-state index contributed by atoms with van der Waals surface area (Å²) in [5.74, 6) is -0.767. The predicted molar refractivity (Wildman–Crippen MR) is 76.5 cm³/mol. The summed E-state index contributed by atoms with van der Waals surface area (Å²) in [6.45, 7) is 7.00. The number of hydrogen-bond acceptors (Lipinski definition) is 4. The molecule has 0 radical (unpaired) electrons. The molecule has 1 aliphatic rings. The Kier molecular flexibility index (Phi) is 5.14. The van der Waals surface area contributed by atoms with Gasteiger partial charge in [0.15, 0.2) is 0 Å². The monoisotopic (exact) mass is 280 g/mol. The lowest BCUT2D eigenvalue weighted by Gasteiger charge is -2.32. The van der Waals surface area contributed by atoms with E-state index in [1.54, 1.807) is 0 Å². The summed E-state index contributed by atoms with van der Waals surface area (Å²) in [7, 11) is 0. The second-order valence-electron chi connectivity index (χ2n) is 5.29. The van der Waals surface area contributed by atoms with Gasteiger partial charge in [-0.25, -0.2) is 0 Å². The second-order valence-corrected chi connectivity index (χ2v) is 5.29. The van der Waals surface area contributed by atoms with Crippen molar-refractivity contribution in [1.29, 1.82) is 0 Å². The molecule has 0 saturated carbocycles. The zero-order valence-electron chi connectivity index (χ0n) is 12.2. The van der Waals surface area contributed by atoms with Crippen LogP contribution in [0, 0.1) is 0 Å². The molecule has 1 aliphatic heterocycles. The van der Waals surface area contributed by atoms with Gasteiger partial charge in [0.05, 0.1) is 11.7 Å². The number of aliphatic carboxylic acids is 1. The van der Waals surface area contributed by atoms with Crippen LogP contribution in [0.2, 0.25) is 0 Å². The second kappa shape index (κ2) is 6.85. The lowest BCUT2D eigenvalue weighted by molar-refractivity contribution is -0.144. The van der Waals surface area contributed by atoms with Gasteiger partial charge in [-0.1, -0.05) is 13.8 Å². The normalized spacial score (nSPS) is 20.4. The Bertz CT molecular complexity index is 442. The Labute approximate surface area is 119 Å². The molecule has 2 N–H and O–H groups in total. The number of piperazine rings is 1. The maximum atomic E-state index is 11.3. The zero-order chi connectivity index (χ0) is 14.5. The van der Waals surface area contributed by atoms with Gasteiger partial charge in [-0.05, 0) is 18.9 Å². The van der Waals surface area contributed by atoms with Crippen LogP contribution >= 0.6 is 0 Å². The summed E-state index contributed by atoms with van der Waals surface area (Å²) in [5.41, 5.74) is 0.949. The predicted octanol–water partition coefficient (Wildman–Crippen LogP) is 1.10. The van der Waals surface area contributed by atoms with Crippen LogP contribution in [-0.2, 0) is 11.3 Å². The molecule has 0 spiro atoms. The molecule has 1 unspecified atom stereocenters. The number of nitrogens with zero attached hydrogens (tertiary/aromatic N) is 3. The molecule has 1 atom stereocenters. The molecule has 2 rings (SSSR count). The van der Waals surface area contributed by atoms with Crippen LogP contribution in [-0.4, -0.2) is 51.4 Å². The van der Waals surface area contributed by atoms with E-state index in [0.29, 0.717) is 19.1 Å². The van der Waals surface area contributed by atoms with Crippen molar-refractivity contribution in [2.75, 3.05) is 19.6 Å². The van der Waals surface area contributed by atoms with E-state index >= 15 is 0 Å². The fourth-order valence-electron chi connectivity index (χ4n) is 2.72. The van der Waals surface area contributed by atoms with Gasteiger partial charge in [0.25, 0.3) is 0 Å².